The number of hydrogen-bond donors (Lipinski definition) is 1. The van der Waals surface area contributed by atoms with Crippen LogP contribution in [0.2, 0.25) is 0 Å². The Morgan fingerprint density at radius 2 is 2.00 bits per heavy atom. The van der Waals surface area contributed by atoms with E-state index in [0.29, 0.717) is 23.6 Å². The van der Waals surface area contributed by atoms with Crippen molar-refractivity contribution in [2.75, 3.05) is 34.3 Å². The lowest BCUT2D eigenvalue weighted by atomic mass is 10.1. The Labute approximate surface area is 133 Å². The number of nitrogens with one attached hydrogen (secondary N) is 1. The highest BCUT2D eigenvalue weighted by molar-refractivity contribution is 5.94. The highest BCUT2D eigenvalue weighted by Crippen LogP contribution is 2.29. The molecule has 0 aliphatic rings. The first kappa shape index (κ1) is 19.5. The van der Waals surface area contributed by atoms with Gasteiger partial charge in [-0.25, -0.2) is 0 Å². The summed E-state index contributed by atoms with van der Waals surface area (Å²) in [5.74, 6) is 1.19. The zero-order chi connectivity index (χ0) is 15.1. The van der Waals surface area contributed by atoms with E-state index in [1.165, 1.54) is 0 Å². The van der Waals surface area contributed by atoms with Crippen molar-refractivity contribution < 1.29 is 14.3 Å². The molecule has 0 saturated carbocycles. The van der Waals surface area contributed by atoms with Gasteiger partial charge in [-0.2, -0.15) is 0 Å². The monoisotopic (exact) mass is 316 g/mol. The molecule has 1 N–H and O–H groups in total. The number of rotatable bonds is 7. The van der Waals surface area contributed by atoms with Crippen LogP contribution in [0.1, 0.15) is 24.2 Å². The molecular formula is C15H25ClN2O3. The number of nitrogens with zero attached hydrogens (tertiary/aromatic N) is 1. The van der Waals surface area contributed by atoms with Gasteiger partial charge in [-0.15, -0.1) is 12.4 Å². The van der Waals surface area contributed by atoms with Gasteiger partial charge in [0.2, 0.25) is 0 Å². The lowest BCUT2D eigenvalue weighted by Crippen LogP contribution is -2.32. The van der Waals surface area contributed by atoms with E-state index in [1.54, 1.807) is 37.3 Å². The number of methoxy groups -OCH3 is 1. The third-order valence-electron chi connectivity index (χ3n) is 2.82. The number of amides is 1. The van der Waals surface area contributed by atoms with Gasteiger partial charge in [-0.3, -0.25) is 4.79 Å². The lowest BCUT2D eigenvalue weighted by Gasteiger charge is -2.18. The molecule has 0 saturated heterocycles. The average Bonchev–Trinajstić information content (AvgIpc) is 2.43. The van der Waals surface area contributed by atoms with Crippen LogP contribution < -0.4 is 14.8 Å². The van der Waals surface area contributed by atoms with Gasteiger partial charge >= 0.3 is 0 Å². The van der Waals surface area contributed by atoms with Crippen molar-refractivity contribution >= 4 is 18.3 Å². The summed E-state index contributed by atoms with van der Waals surface area (Å²) in [5, 5.41) is 3.02. The quantitative estimate of drug-likeness (QED) is 0.838. The van der Waals surface area contributed by atoms with Crippen LogP contribution in [-0.2, 0) is 0 Å². The Balaban J connectivity index is 0.00000400. The SMILES string of the molecule is CNCCN(C)C(=O)c1ccc(OC(C)C)c(OC)c1.Cl. The van der Waals surface area contributed by atoms with Crippen LogP contribution in [0.15, 0.2) is 18.2 Å². The van der Waals surface area contributed by atoms with Gasteiger partial charge < -0.3 is 19.7 Å². The Kier molecular flexibility index (Phi) is 8.81. The molecule has 6 heteroatoms. The average molecular weight is 317 g/mol. The zero-order valence-electron chi connectivity index (χ0n) is 13.3. The normalized spacial score (nSPS) is 10.0. The number of carbonyl (C=O) groups is 1. The van der Waals surface area contributed by atoms with Gasteiger partial charge in [0.15, 0.2) is 11.5 Å². The zero-order valence-corrected chi connectivity index (χ0v) is 14.1. The summed E-state index contributed by atoms with van der Waals surface area (Å²) >= 11 is 0. The van der Waals surface area contributed by atoms with Crippen LogP contribution in [-0.4, -0.2) is 51.2 Å². The second-order valence-electron chi connectivity index (χ2n) is 4.86. The number of benzene rings is 1. The van der Waals surface area contributed by atoms with Crippen LogP contribution in [0.3, 0.4) is 0 Å². The minimum Gasteiger partial charge on any atom is -0.493 e. The molecule has 0 radical (unpaired) electrons. The molecule has 0 spiro atoms. The minimum absolute atomic E-state index is 0. The Morgan fingerprint density at radius 1 is 1.33 bits per heavy atom. The van der Waals surface area contributed by atoms with E-state index in [2.05, 4.69) is 5.32 Å². The predicted molar refractivity (Wildman–Crippen MR) is 86.9 cm³/mol. The molecule has 5 nitrogen and oxygen atoms in total. The molecular weight excluding hydrogens is 292 g/mol. The van der Waals surface area contributed by atoms with Gasteiger partial charge in [-0.1, -0.05) is 0 Å². The third-order valence-corrected chi connectivity index (χ3v) is 2.82. The van der Waals surface area contributed by atoms with Crippen LogP contribution in [0, 0.1) is 0 Å². The number of halogens is 1. The molecule has 0 fully saturated rings. The molecule has 1 aromatic carbocycles. The summed E-state index contributed by atoms with van der Waals surface area (Å²) in [6, 6.07) is 5.26. The topological polar surface area (TPSA) is 50.8 Å². The molecule has 21 heavy (non-hydrogen) atoms. The fraction of sp³-hybridized carbons (Fsp3) is 0.533. The van der Waals surface area contributed by atoms with Crippen molar-refractivity contribution in [3.63, 3.8) is 0 Å². The summed E-state index contributed by atoms with van der Waals surface area (Å²) in [6.07, 6.45) is 0.0590. The Morgan fingerprint density at radius 3 is 2.52 bits per heavy atom. The Hall–Kier alpha value is -1.46. The number of carbonyl (C=O) groups excluding carboxylic acids is 1. The van der Waals surface area contributed by atoms with Crippen molar-refractivity contribution in [2.24, 2.45) is 0 Å². The minimum atomic E-state index is -0.0327. The molecule has 0 aliphatic heterocycles. The number of likely N-dealkylation sites (N-methyl/N-ethyl adjacent to an activating group) is 2. The van der Waals surface area contributed by atoms with Gasteiger partial charge in [0.05, 0.1) is 13.2 Å². The fourth-order valence-corrected chi connectivity index (χ4v) is 1.75. The molecule has 0 unspecified atom stereocenters. The van der Waals surface area contributed by atoms with Crippen molar-refractivity contribution in [3.8, 4) is 11.5 Å². The molecule has 1 rings (SSSR count). The maximum absolute atomic E-state index is 12.3. The first-order chi connectivity index (χ1) is 9.49. The van der Waals surface area contributed by atoms with E-state index >= 15 is 0 Å². The molecule has 120 valence electrons. The van der Waals surface area contributed by atoms with E-state index in [9.17, 15) is 4.79 Å². The van der Waals surface area contributed by atoms with Crippen molar-refractivity contribution in [1.82, 2.24) is 10.2 Å². The van der Waals surface area contributed by atoms with Crippen LogP contribution in [0.5, 0.6) is 11.5 Å². The molecule has 0 aliphatic carbocycles. The van der Waals surface area contributed by atoms with Crippen LogP contribution in [0.4, 0.5) is 0 Å². The summed E-state index contributed by atoms with van der Waals surface area (Å²) in [5.41, 5.74) is 0.594. The molecule has 0 heterocycles. The fourth-order valence-electron chi connectivity index (χ4n) is 1.75. The summed E-state index contributed by atoms with van der Waals surface area (Å²) in [6.45, 7) is 5.31. The van der Waals surface area contributed by atoms with Gasteiger partial charge in [0.1, 0.15) is 0 Å². The van der Waals surface area contributed by atoms with E-state index in [1.807, 2.05) is 20.9 Å². The third kappa shape index (κ3) is 5.81. The maximum Gasteiger partial charge on any atom is 0.253 e. The number of hydrogen-bond acceptors (Lipinski definition) is 4. The van der Waals surface area contributed by atoms with Crippen LogP contribution in [0.25, 0.3) is 0 Å². The molecule has 0 atom stereocenters. The summed E-state index contributed by atoms with van der Waals surface area (Å²) in [7, 11) is 5.21. The van der Waals surface area contributed by atoms with E-state index in [0.717, 1.165) is 6.54 Å². The Bertz CT molecular complexity index is 453. The van der Waals surface area contributed by atoms with E-state index in [4.69, 9.17) is 9.47 Å². The van der Waals surface area contributed by atoms with Gasteiger partial charge in [0, 0.05) is 25.7 Å². The van der Waals surface area contributed by atoms with Crippen molar-refractivity contribution in [2.45, 2.75) is 20.0 Å². The molecule has 0 aromatic heterocycles. The molecule has 1 amide bonds. The number of ether oxygens (including phenoxy) is 2. The second-order valence-corrected chi connectivity index (χ2v) is 4.86. The van der Waals surface area contributed by atoms with Gasteiger partial charge in [0.25, 0.3) is 5.91 Å². The standard InChI is InChI=1S/C15H24N2O3.ClH/c1-11(2)20-13-7-6-12(10-14(13)19-5)15(18)17(4)9-8-16-3;/h6-7,10-11,16H,8-9H2,1-5H3;1H. The highest BCUT2D eigenvalue weighted by Gasteiger charge is 2.15. The first-order valence-electron chi connectivity index (χ1n) is 6.74. The maximum atomic E-state index is 12.3. The van der Waals surface area contributed by atoms with Crippen LogP contribution >= 0.6 is 12.4 Å². The van der Waals surface area contributed by atoms with Gasteiger partial charge in [-0.05, 0) is 39.1 Å². The first-order valence-corrected chi connectivity index (χ1v) is 6.74. The molecule has 0 bridgehead atoms. The smallest absolute Gasteiger partial charge is 0.253 e. The second kappa shape index (κ2) is 9.47. The summed E-state index contributed by atoms with van der Waals surface area (Å²) < 4.78 is 10.9. The lowest BCUT2D eigenvalue weighted by molar-refractivity contribution is 0.0796. The largest absolute Gasteiger partial charge is 0.493 e. The van der Waals surface area contributed by atoms with E-state index < -0.39 is 0 Å². The molecule has 1 aromatic rings. The predicted octanol–water partition coefficient (Wildman–Crippen LogP) is 2.20. The van der Waals surface area contributed by atoms with E-state index in [-0.39, 0.29) is 24.4 Å². The highest BCUT2D eigenvalue weighted by atomic mass is 35.5. The van der Waals surface area contributed by atoms with Crippen molar-refractivity contribution in [3.05, 3.63) is 23.8 Å². The van der Waals surface area contributed by atoms with Crippen molar-refractivity contribution in [1.29, 1.82) is 0 Å². The summed E-state index contributed by atoms with van der Waals surface area (Å²) in [4.78, 5) is 13.9.